The molecule has 1 aromatic carbocycles. The van der Waals surface area contributed by atoms with Gasteiger partial charge in [0, 0.05) is 13.1 Å². The van der Waals surface area contributed by atoms with Crippen molar-refractivity contribution in [1.29, 1.82) is 0 Å². The van der Waals surface area contributed by atoms with Crippen molar-refractivity contribution in [1.82, 2.24) is 0 Å². The van der Waals surface area contributed by atoms with Crippen molar-refractivity contribution >= 4 is 17.3 Å². The first kappa shape index (κ1) is 14.2. The number of nitro benzene ring substituents is 1. The number of aliphatic carboxylic acids is 1. The highest BCUT2D eigenvalue weighted by Gasteiger charge is 2.44. The maximum Gasteiger partial charge on any atom is 0.327 e. The molecular formula is C13H15FN2O4. The lowest BCUT2D eigenvalue weighted by molar-refractivity contribution is -0.386. The molecule has 0 bridgehead atoms. The van der Waals surface area contributed by atoms with E-state index in [0.717, 1.165) is 6.07 Å². The normalized spacial score (nSPS) is 22.0. The lowest BCUT2D eigenvalue weighted by Gasteiger charge is -2.24. The molecule has 0 radical (unpaired) electrons. The molecule has 0 aromatic heterocycles. The number of benzene rings is 1. The summed E-state index contributed by atoms with van der Waals surface area (Å²) in [6, 6.07) is 3.88. The summed E-state index contributed by atoms with van der Waals surface area (Å²) in [4.78, 5) is 23.2. The molecule has 0 spiro atoms. The zero-order valence-electron chi connectivity index (χ0n) is 11.0. The van der Waals surface area contributed by atoms with Crippen LogP contribution in [0.5, 0.6) is 0 Å². The van der Waals surface area contributed by atoms with Crippen LogP contribution in [0.3, 0.4) is 0 Å². The fraction of sp³-hybridized carbons (Fsp3) is 0.462. The number of hydrogen-bond acceptors (Lipinski definition) is 4. The number of carbonyl (C=O) groups is 1. The van der Waals surface area contributed by atoms with E-state index in [1.165, 1.54) is 12.1 Å². The van der Waals surface area contributed by atoms with Gasteiger partial charge >= 0.3 is 11.7 Å². The molecule has 1 heterocycles. The first-order valence-electron chi connectivity index (χ1n) is 6.32. The number of carboxylic acid groups (broad SMARTS) is 1. The zero-order chi connectivity index (χ0) is 14.9. The molecule has 0 amide bonds. The third-order valence-electron chi connectivity index (χ3n) is 3.97. The lowest BCUT2D eigenvalue weighted by atomic mass is 9.84. The summed E-state index contributed by atoms with van der Waals surface area (Å²) in [5.74, 6) is -1.82. The quantitative estimate of drug-likeness (QED) is 0.677. The van der Waals surface area contributed by atoms with Gasteiger partial charge in [-0.3, -0.25) is 14.9 Å². The molecule has 0 saturated carbocycles. The summed E-state index contributed by atoms with van der Waals surface area (Å²) >= 11 is 0. The summed E-state index contributed by atoms with van der Waals surface area (Å²) in [5, 5.41) is 20.3. The average Bonchev–Trinajstić information content (AvgIpc) is 2.83. The highest BCUT2D eigenvalue weighted by Crippen LogP contribution is 2.40. The Bertz CT molecular complexity index is 563. The minimum Gasteiger partial charge on any atom is -0.481 e. The smallest absolute Gasteiger partial charge is 0.327 e. The van der Waals surface area contributed by atoms with Gasteiger partial charge in [-0.1, -0.05) is 13.0 Å². The van der Waals surface area contributed by atoms with Crippen molar-refractivity contribution in [3.05, 3.63) is 34.1 Å². The molecule has 0 aliphatic carbocycles. The molecular weight excluding hydrogens is 267 g/mol. The van der Waals surface area contributed by atoms with Gasteiger partial charge < -0.3 is 10.0 Å². The van der Waals surface area contributed by atoms with Crippen molar-refractivity contribution in [2.75, 3.05) is 18.0 Å². The molecule has 1 aromatic rings. The molecule has 7 heteroatoms. The van der Waals surface area contributed by atoms with Crippen LogP contribution in [-0.4, -0.2) is 29.1 Å². The van der Waals surface area contributed by atoms with Gasteiger partial charge in [0.05, 0.1) is 10.3 Å². The predicted molar refractivity (Wildman–Crippen MR) is 70.2 cm³/mol. The van der Waals surface area contributed by atoms with E-state index in [9.17, 15) is 24.4 Å². The molecule has 1 unspecified atom stereocenters. The van der Waals surface area contributed by atoms with Crippen LogP contribution in [0.15, 0.2) is 18.2 Å². The standard InChI is InChI=1S/C13H15FN2O4/c1-2-13(12(17)18)6-7-15(8-13)10-5-3-4-9(14)11(10)16(19)20/h3-5H,2,6-8H2,1H3,(H,17,18). The largest absolute Gasteiger partial charge is 0.481 e. The second-order valence-electron chi connectivity index (χ2n) is 4.98. The maximum absolute atomic E-state index is 13.6. The van der Waals surface area contributed by atoms with E-state index < -0.39 is 27.8 Å². The van der Waals surface area contributed by atoms with E-state index in [0.29, 0.717) is 19.4 Å². The van der Waals surface area contributed by atoms with Gasteiger partial charge in [0.25, 0.3) is 0 Å². The third-order valence-corrected chi connectivity index (χ3v) is 3.97. The number of nitro groups is 1. The lowest BCUT2D eigenvalue weighted by Crippen LogP contribution is -2.34. The van der Waals surface area contributed by atoms with Gasteiger partial charge in [-0.15, -0.1) is 0 Å². The molecule has 1 aliphatic rings. The van der Waals surface area contributed by atoms with Gasteiger partial charge in [0.2, 0.25) is 5.82 Å². The van der Waals surface area contributed by atoms with Gasteiger partial charge in [-0.2, -0.15) is 4.39 Å². The van der Waals surface area contributed by atoms with Crippen LogP contribution >= 0.6 is 0 Å². The van der Waals surface area contributed by atoms with E-state index in [4.69, 9.17) is 0 Å². The Morgan fingerprint density at radius 3 is 2.80 bits per heavy atom. The van der Waals surface area contributed by atoms with Crippen molar-refractivity contribution in [2.24, 2.45) is 5.41 Å². The minimum absolute atomic E-state index is 0.145. The Balaban J connectivity index is 2.38. The summed E-state index contributed by atoms with van der Waals surface area (Å²) in [5.41, 5.74) is -1.36. The minimum atomic E-state index is -0.916. The molecule has 1 aliphatic heterocycles. The summed E-state index contributed by atoms with van der Waals surface area (Å²) in [7, 11) is 0. The average molecular weight is 282 g/mol. The first-order valence-corrected chi connectivity index (χ1v) is 6.32. The number of para-hydroxylation sites is 1. The number of hydrogen-bond donors (Lipinski definition) is 1. The Morgan fingerprint density at radius 2 is 2.30 bits per heavy atom. The van der Waals surface area contributed by atoms with E-state index in [1.54, 1.807) is 11.8 Å². The SMILES string of the molecule is CCC1(C(=O)O)CCN(c2cccc(F)c2[N+](=O)[O-])C1. The Hall–Kier alpha value is -2.18. The van der Waals surface area contributed by atoms with Crippen LogP contribution in [0.25, 0.3) is 0 Å². The highest BCUT2D eigenvalue weighted by molar-refractivity contribution is 5.77. The molecule has 1 fully saturated rings. The molecule has 2 rings (SSSR count). The number of anilines is 1. The van der Waals surface area contributed by atoms with Crippen LogP contribution < -0.4 is 4.90 Å². The summed E-state index contributed by atoms with van der Waals surface area (Å²) in [6.45, 7) is 2.30. The van der Waals surface area contributed by atoms with Crippen molar-refractivity contribution < 1.29 is 19.2 Å². The molecule has 1 atom stereocenters. The van der Waals surface area contributed by atoms with Crippen molar-refractivity contribution in [3.63, 3.8) is 0 Å². The fourth-order valence-electron chi connectivity index (χ4n) is 2.63. The number of rotatable bonds is 4. The maximum atomic E-state index is 13.6. The zero-order valence-corrected chi connectivity index (χ0v) is 11.0. The Morgan fingerprint density at radius 1 is 1.60 bits per heavy atom. The third kappa shape index (κ3) is 2.19. The first-order chi connectivity index (χ1) is 9.41. The highest BCUT2D eigenvalue weighted by atomic mass is 19.1. The number of nitrogens with zero attached hydrogens (tertiary/aromatic N) is 2. The van der Waals surface area contributed by atoms with Gasteiger partial charge in [-0.05, 0) is 25.0 Å². The van der Waals surface area contributed by atoms with Crippen molar-refractivity contribution in [2.45, 2.75) is 19.8 Å². The number of carboxylic acids is 1. The topological polar surface area (TPSA) is 83.7 Å². The van der Waals surface area contributed by atoms with Crippen LogP contribution in [0, 0.1) is 21.3 Å². The Labute approximate surface area is 115 Å². The fourth-order valence-corrected chi connectivity index (χ4v) is 2.63. The Kier molecular flexibility index (Phi) is 3.61. The molecule has 1 N–H and O–H groups in total. The van der Waals surface area contributed by atoms with Crippen LogP contribution in [-0.2, 0) is 4.79 Å². The summed E-state index contributed by atoms with van der Waals surface area (Å²) in [6.07, 6.45) is 0.828. The van der Waals surface area contributed by atoms with E-state index in [-0.39, 0.29) is 12.2 Å². The van der Waals surface area contributed by atoms with Crippen LogP contribution in [0.1, 0.15) is 19.8 Å². The second kappa shape index (κ2) is 5.07. The van der Waals surface area contributed by atoms with E-state index >= 15 is 0 Å². The summed E-state index contributed by atoms with van der Waals surface area (Å²) < 4.78 is 13.6. The molecule has 1 saturated heterocycles. The molecule has 6 nitrogen and oxygen atoms in total. The monoisotopic (exact) mass is 282 g/mol. The van der Waals surface area contributed by atoms with Gasteiger partial charge in [-0.25, -0.2) is 0 Å². The molecule has 20 heavy (non-hydrogen) atoms. The van der Waals surface area contributed by atoms with E-state index in [1.807, 2.05) is 0 Å². The van der Waals surface area contributed by atoms with Crippen molar-refractivity contribution in [3.8, 4) is 0 Å². The molecule has 108 valence electrons. The second-order valence-corrected chi connectivity index (χ2v) is 4.98. The van der Waals surface area contributed by atoms with Crippen LogP contribution in [0.2, 0.25) is 0 Å². The van der Waals surface area contributed by atoms with Crippen LogP contribution in [0.4, 0.5) is 15.8 Å². The van der Waals surface area contributed by atoms with Gasteiger partial charge in [0.1, 0.15) is 5.69 Å². The van der Waals surface area contributed by atoms with Gasteiger partial charge in [0.15, 0.2) is 0 Å². The van der Waals surface area contributed by atoms with E-state index in [2.05, 4.69) is 0 Å². The predicted octanol–water partition coefficient (Wildman–Crippen LogP) is 2.43. The number of halogens is 1.